The van der Waals surface area contributed by atoms with E-state index in [0.717, 1.165) is 0 Å². The molecule has 4 aromatic carbocycles. The molecule has 0 fully saturated rings. The topological polar surface area (TPSA) is 117 Å². The fraction of sp³-hybridized carbons (Fsp3) is 0.212. The molecule has 0 bridgehead atoms. The molecule has 2 amide bonds. The third-order valence-electron chi connectivity index (χ3n) is 7.27. The van der Waals surface area contributed by atoms with E-state index >= 15 is 4.39 Å². The Kier molecular flexibility index (Phi) is 9.42. The molecule has 12 heteroatoms. The van der Waals surface area contributed by atoms with Gasteiger partial charge < -0.3 is 29.2 Å². The molecule has 0 aliphatic carbocycles. The molecule has 232 valence electrons. The van der Waals surface area contributed by atoms with Crippen molar-refractivity contribution in [2.45, 2.75) is 19.1 Å². The van der Waals surface area contributed by atoms with Gasteiger partial charge in [-0.3, -0.25) is 9.59 Å². The van der Waals surface area contributed by atoms with Crippen molar-refractivity contribution < 1.29 is 32.9 Å². The van der Waals surface area contributed by atoms with Crippen LogP contribution in [-0.4, -0.2) is 60.1 Å². The molecule has 0 aliphatic heterocycles. The first-order chi connectivity index (χ1) is 21.9. The van der Waals surface area contributed by atoms with Crippen molar-refractivity contribution in [3.63, 3.8) is 0 Å². The first kappa shape index (κ1) is 30.8. The monoisotopic (exact) mass is 613 g/mol. The molecule has 1 N–H and O–H groups in total. The third-order valence-corrected chi connectivity index (χ3v) is 7.27. The number of halogens is 1. The summed E-state index contributed by atoms with van der Waals surface area (Å²) >= 11 is 0. The van der Waals surface area contributed by atoms with Crippen LogP contribution < -0.4 is 24.3 Å². The lowest BCUT2D eigenvalue weighted by atomic mass is 10.0. The van der Waals surface area contributed by atoms with Gasteiger partial charge >= 0.3 is 0 Å². The predicted octanol–water partition coefficient (Wildman–Crippen LogP) is 5.01. The maximum atomic E-state index is 15.1. The number of aromatic nitrogens is 3. The van der Waals surface area contributed by atoms with Gasteiger partial charge in [0.15, 0.2) is 11.5 Å². The number of fused-ring (bicyclic) bond motifs is 1. The fourth-order valence-corrected chi connectivity index (χ4v) is 4.99. The van der Waals surface area contributed by atoms with Gasteiger partial charge in [0.1, 0.15) is 35.4 Å². The largest absolute Gasteiger partial charge is 0.497 e. The van der Waals surface area contributed by atoms with Gasteiger partial charge in [-0.05, 0) is 48.0 Å². The van der Waals surface area contributed by atoms with Gasteiger partial charge in [-0.15, -0.1) is 5.10 Å². The van der Waals surface area contributed by atoms with Gasteiger partial charge in [0, 0.05) is 18.2 Å². The van der Waals surface area contributed by atoms with E-state index in [9.17, 15) is 9.59 Å². The van der Waals surface area contributed by atoms with Crippen LogP contribution in [-0.2, 0) is 22.7 Å². The van der Waals surface area contributed by atoms with E-state index in [1.807, 2.05) is 12.1 Å². The van der Waals surface area contributed by atoms with E-state index in [1.165, 1.54) is 44.1 Å². The van der Waals surface area contributed by atoms with E-state index in [1.54, 1.807) is 66.7 Å². The number of hydrogen-bond acceptors (Lipinski definition) is 8. The molecule has 0 aliphatic rings. The number of nitrogens with one attached hydrogen (secondary N) is 1. The van der Waals surface area contributed by atoms with Crippen LogP contribution in [0.25, 0.3) is 11.0 Å². The number of benzene rings is 4. The zero-order valence-electron chi connectivity index (χ0n) is 25.2. The van der Waals surface area contributed by atoms with E-state index in [-0.39, 0.29) is 18.7 Å². The summed E-state index contributed by atoms with van der Waals surface area (Å²) in [5.41, 5.74) is 2.19. The molecule has 0 saturated heterocycles. The molecule has 1 aromatic heterocycles. The fourth-order valence-electron chi connectivity index (χ4n) is 4.99. The average molecular weight is 614 g/mol. The van der Waals surface area contributed by atoms with Gasteiger partial charge in [0.2, 0.25) is 5.91 Å². The normalized spacial score (nSPS) is 11.5. The Morgan fingerprint density at radius 3 is 2.31 bits per heavy atom. The summed E-state index contributed by atoms with van der Waals surface area (Å²) in [5, 5.41) is 11.2. The number of rotatable bonds is 12. The molecule has 45 heavy (non-hydrogen) atoms. The second kappa shape index (κ2) is 13.8. The number of methoxy groups -OCH3 is 4. The SMILES string of the molecule is COc1ccc(NC(=O)C(c2ccc(OC)c(OC)c2)N(Cc2ccccc2F)C(=O)Cn2nnc3ccccc32)c(OC)c1. The van der Waals surface area contributed by atoms with Gasteiger partial charge in [0.25, 0.3) is 5.91 Å². The number of para-hydroxylation sites is 1. The zero-order valence-corrected chi connectivity index (χ0v) is 25.2. The molecule has 1 unspecified atom stereocenters. The molecule has 0 spiro atoms. The number of carbonyl (C=O) groups excluding carboxylic acids is 2. The molecule has 1 atom stereocenters. The Morgan fingerprint density at radius 2 is 1.58 bits per heavy atom. The quantitative estimate of drug-likeness (QED) is 0.209. The lowest BCUT2D eigenvalue weighted by Gasteiger charge is -2.32. The van der Waals surface area contributed by atoms with Crippen molar-refractivity contribution in [1.29, 1.82) is 0 Å². The first-order valence-corrected chi connectivity index (χ1v) is 13.9. The standard InChI is InChI=1S/C33H32FN5O6/c1-42-23-14-15-26(29(18-23)44-3)35-33(41)32(21-13-16-28(43-2)30(17-21)45-4)38(19-22-9-5-6-10-24(22)34)31(40)20-39-27-12-8-7-11-25(27)36-37-39/h5-18,32H,19-20H2,1-4H3,(H,35,41). The van der Waals surface area contributed by atoms with Crippen molar-refractivity contribution >= 4 is 28.5 Å². The van der Waals surface area contributed by atoms with Gasteiger partial charge in [-0.25, -0.2) is 9.07 Å². The molecule has 11 nitrogen and oxygen atoms in total. The second-order valence-electron chi connectivity index (χ2n) is 9.92. The molecular weight excluding hydrogens is 581 g/mol. The van der Waals surface area contributed by atoms with Gasteiger partial charge in [-0.2, -0.15) is 0 Å². The van der Waals surface area contributed by atoms with Crippen LogP contribution in [0.1, 0.15) is 17.2 Å². The summed E-state index contributed by atoms with van der Waals surface area (Å²) in [6.45, 7) is -0.498. The van der Waals surface area contributed by atoms with Gasteiger partial charge in [0.05, 0.1) is 39.6 Å². The highest BCUT2D eigenvalue weighted by Crippen LogP contribution is 2.35. The highest BCUT2D eigenvalue weighted by atomic mass is 19.1. The summed E-state index contributed by atoms with van der Waals surface area (Å²) in [6.07, 6.45) is 0. The number of carbonyl (C=O) groups is 2. The summed E-state index contributed by atoms with van der Waals surface area (Å²) in [6, 6.07) is 21.9. The highest BCUT2D eigenvalue weighted by molar-refractivity contribution is 5.99. The lowest BCUT2D eigenvalue weighted by molar-refractivity contribution is -0.140. The Balaban J connectivity index is 1.62. The lowest BCUT2D eigenvalue weighted by Crippen LogP contribution is -2.42. The Bertz CT molecular complexity index is 1830. The average Bonchev–Trinajstić information content (AvgIpc) is 3.47. The van der Waals surface area contributed by atoms with Crippen molar-refractivity contribution in [2.24, 2.45) is 0 Å². The number of nitrogens with zero attached hydrogens (tertiary/aromatic N) is 4. The smallest absolute Gasteiger partial charge is 0.251 e. The van der Waals surface area contributed by atoms with Crippen LogP contribution in [0.5, 0.6) is 23.0 Å². The minimum Gasteiger partial charge on any atom is -0.497 e. The molecule has 5 rings (SSSR count). The molecule has 1 heterocycles. The number of anilines is 1. The van der Waals surface area contributed by atoms with Crippen molar-refractivity contribution in [1.82, 2.24) is 19.9 Å². The third kappa shape index (κ3) is 6.64. The minimum atomic E-state index is -1.27. The summed E-state index contributed by atoms with van der Waals surface area (Å²) in [4.78, 5) is 29.9. The predicted molar refractivity (Wildman–Crippen MR) is 165 cm³/mol. The minimum absolute atomic E-state index is 0.217. The second-order valence-corrected chi connectivity index (χ2v) is 9.92. The van der Waals surface area contributed by atoms with Crippen molar-refractivity contribution in [2.75, 3.05) is 33.8 Å². The summed E-state index contributed by atoms with van der Waals surface area (Å²) in [7, 11) is 5.95. The van der Waals surface area contributed by atoms with E-state index < -0.39 is 23.7 Å². The zero-order chi connectivity index (χ0) is 31.9. The van der Waals surface area contributed by atoms with Gasteiger partial charge in [-0.1, -0.05) is 41.6 Å². The molecular formula is C33H32FN5O6. The summed E-state index contributed by atoms with van der Waals surface area (Å²) in [5.74, 6) is 0.0235. The van der Waals surface area contributed by atoms with Crippen LogP contribution in [0.15, 0.2) is 84.9 Å². The van der Waals surface area contributed by atoms with Crippen LogP contribution in [0.3, 0.4) is 0 Å². The number of amides is 2. The van der Waals surface area contributed by atoms with Crippen LogP contribution in [0.4, 0.5) is 10.1 Å². The van der Waals surface area contributed by atoms with Crippen LogP contribution in [0, 0.1) is 5.82 Å². The maximum absolute atomic E-state index is 15.1. The Hall–Kier alpha value is -5.65. The van der Waals surface area contributed by atoms with E-state index in [4.69, 9.17) is 18.9 Å². The van der Waals surface area contributed by atoms with Crippen molar-refractivity contribution in [3.05, 3.63) is 102 Å². The molecule has 0 radical (unpaired) electrons. The Morgan fingerprint density at radius 1 is 0.844 bits per heavy atom. The van der Waals surface area contributed by atoms with Crippen molar-refractivity contribution in [3.8, 4) is 23.0 Å². The first-order valence-electron chi connectivity index (χ1n) is 13.9. The Labute approximate surface area is 259 Å². The molecule has 0 saturated carbocycles. The number of hydrogen-bond donors (Lipinski definition) is 1. The number of ether oxygens (including phenoxy) is 4. The van der Waals surface area contributed by atoms with Crippen LogP contribution in [0.2, 0.25) is 0 Å². The highest BCUT2D eigenvalue weighted by Gasteiger charge is 2.34. The van der Waals surface area contributed by atoms with E-state index in [2.05, 4.69) is 15.6 Å². The van der Waals surface area contributed by atoms with Crippen LogP contribution >= 0.6 is 0 Å². The molecule has 5 aromatic rings. The maximum Gasteiger partial charge on any atom is 0.251 e. The summed E-state index contributed by atoms with van der Waals surface area (Å²) < 4.78 is 38.2. The van der Waals surface area contributed by atoms with E-state index in [0.29, 0.717) is 45.3 Å².